The average molecular weight is 611 g/mol. The number of benzene rings is 4. The van der Waals surface area contributed by atoms with Crippen LogP contribution in [-0.2, 0) is 11.3 Å². The van der Waals surface area contributed by atoms with Crippen LogP contribution in [0.2, 0.25) is 5.02 Å². The van der Waals surface area contributed by atoms with Gasteiger partial charge in [0.1, 0.15) is 30.5 Å². The lowest BCUT2D eigenvalue weighted by atomic mass is 9.95. The second-order valence-electron chi connectivity index (χ2n) is 11.1. The van der Waals surface area contributed by atoms with E-state index in [0.717, 1.165) is 57.9 Å². The van der Waals surface area contributed by atoms with Crippen molar-refractivity contribution in [2.24, 2.45) is 0 Å². The highest BCUT2D eigenvalue weighted by Gasteiger charge is 2.23. The molecule has 1 saturated carbocycles. The number of fused-ring (bicyclic) bond motifs is 1. The van der Waals surface area contributed by atoms with Gasteiger partial charge < -0.3 is 23.9 Å². The number of aromatic nitrogens is 2. The SMILES string of the molecule is COCCOc1ccc(-c2ccc(Cl)cc2)c(COc2ccc(-c3nc4cc(C(=O)O)ccc4n3C3CCCCC3)cc2)c1. The van der Waals surface area contributed by atoms with Crippen molar-refractivity contribution in [3.8, 4) is 34.0 Å². The Morgan fingerprint density at radius 1 is 0.864 bits per heavy atom. The Morgan fingerprint density at radius 2 is 1.59 bits per heavy atom. The summed E-state index contributed by atoms with van der Waals surface area (Å²) in [4.78, 5) is 16.6. The highest BCUT2D eigenvalue weighted by atomic mass is 35.5. The van der Waals surface area contributed by atoms with Crippen LogP contribution >= 0.6 is 11.6 Å². The van der Waals surface area contributed by atoms with Gasteiger partial charge in [0.15, 0.2) is 0 Å². The van der Waals surface area contributed by atoms with Crippen LogP contribution in [0.25, 0.3) is 33.5 Å². The molecular weight excluding hydrogens is 576 g/mol. The number of methoxy groups -OCH3 is 1. The molecule has 226 valence electrons. The number of nitrogens with zero attached hydrogens (tertiary/aromatic N) is 2. The summed E-state index contributed by atoms with van der Waals surface area (Å²) < 4.78 is 19.6. The number of carboxylic acid groups (broad SMARTS) is 1. The van der Waals surface area contributed by atoms with Gasteiger partial charge in [-0.2, -0.15) is 0 Å². The van der Waals surface area contributed by atoms with E-state index in [-0.39, 0.29) is 5.56 Å². The summed E-state index contributed by atoms with van der Waals surface area (Å²) in [7, 11) is 1.65. The lowest BCUT2D eigenvalue weighted by Crippen LogP contribution is -2.14. The third kappa shape index (κ3) is 6.59. The molecule has 1 aliphatic rings. The van der Waals surface area contributed by atoms with Gasteiger partial charge in [-0.05, 0) is 90.7 Å². The summed E-state index contributed by atoms with van der Waals surface area (Å²) >= 11 is 6.14. The predicted octanol–water partition coefficient (Wildman–Crippen LogP) is 8.83. The number of rotatable bonds is 11. The fourth-order valence-corrected chi connectivity index (χ4v) is 6.06. The molecule has 1 N–H and O–H groups in total. The molecule has 0 atom stereocenters. The number of ether oxygens (including phenoxy) is 3. The molecular formula is C36H35ClN2O5. The van der Waals surface area contributed by atoms with Crippen molar-refractivity contribution >= 4 is 28.6 Å². The zero-order valence-electron chi connectivity index (χ0n) is 24.7. The van der Waals surface area contributed by atoms with Crippen molar-refractivity contribution in [3.63, 3.8) is 0 Å². The van der Waals surface area contributed by atoms with Crippen molar-refractivity contribution < 1.29 is 24.1 Å². The molecule has 44 heavy (non-hydrogen) atoms. The van der Waals surface area contributed by atoms with Crippen LogP contribution < -0.4 is 9.47 Å². The summed E-state index contributed by atoms with van der Waals surface area (Å²) in [5.41, 5.74) is 5.95. The first kappa shape index (κ1) is 29.7. The predicted molar refractivity (Wildman–Crippen MR) is 173 cm³/mol. The second-order valence-corrected chi connectivity index (χ2v) is 11.5. The quantitative estimate of drug-likeness (QED) is 0.150. The molecule has 1 aliphatic carbocycles. The zero-order chi connectivity index (χ0) is 30.5. The number of hydrogen-bond donors (Lipinski definition) is 1. The van der Waals surface area contributed by atoms with Crippen LogP contribution in [0.4, 0.5) is 0 Å². The van der Waals surface area contributed by atoms with Gasteiger partial charge in [0.05, 0.1) is 23.2 Å². The third-order valence-corrected chi connectivity index (χ3v) is 8.42. The molecule has 6 rings (SSSR count). The number of imidazole rings is 1. The van der Waals surface area contributed by atoms with E-state index in [9.17, 15) is 9.90 Å². The molecule has 8 heteroatoms. The zero-order valence-corrected chi connectivity index (χ0v) is 25.4. The fraction of sp³-hybridized carbons (Fsp3) is 0.278. The van der Waals surface area contributed by atoms with E-state index >= 15 is 0 Å². The maximum atomic E-state index is 11.6. The van der Waals surface area contributed by atoms with Crippen LogP contribution in [0.1, 0.15) is 54.1 Å². The molecule has 1 fully saturated rings. The first-order chi connectivity index (χ1) is 21.5. The van der Waals surface area contributed by atoms with Gasteiger partial charge in [-0.25, -0.2) is 9.78 Å². The summed E-state index contributed by atoms with van der Waals surface area (Å²) in [6, 6.07) is 27.3. The van der Waals surface area contributed by atoms with Gasteiger partial charge >= 0.3 is 5.97 Å². The molecule has 1 aromatic heterocycles. The van der Waals surface area contributed by atoms with Crippen molar-refractivity contribution in [2.75, 3.05) is 20.3 Å². The maximum absolute atomic E-state index is 11.6. The normalized spacial score (nSPS) is 13.7. The molecule has 0 amide bonds. The van der Waals surface area contributed by atoms with E-state index < -0.39 is 5.97 Å². The Balaban J connectivity index is 1.27. The Labute approximate surface area is 262 Å². The number of carboxylic acids is 1. The summed E-state index contributed by atoms with van der Waals surface area (Å²) in [6.07, 6.45) is 5.78. The van der Waals surface area contributed by atoms with Gasteiger partial charge in [0.25, 0.3) is 0 Å². The lowest BCUT2D eigenvalue weighted by molar-refractivity contribution is 0.0697. The minimum absolute atomic E-state index is 0.243. The first-order valence-electron chi connectivity index (χ1n) is 15.0. The molecule has 0 bridgehead atoms. The minimum Gasteiger partial charge on any atom is -0.491 e. The number of hydrogen-bond acceptors (Lipinski definition) is 5. The molecule has 0 radical (unpaired) electrons. The summed E-state index contributed by atoms with van der Waals surface area (Å²) in [5, 5.41) is 10.2. The Morgan fingerprint density at radius 3 is 2.32 bits per heavy atom. The van der Waals surface area contributed by atoms with Gasteiger partial charge in [0.2, 0.25) is 0 Å². The molecule has 5 aromatic rings. The second kappa shape index (κ2) is 13.5. The van der Waals surface area contributed by atoms with E-state index in [0.29, 0.717) is 36.4 Å². The van der Waals surface area contributed by atoms with Crippen molar-refractivity contribution in [3.05, 3.63) is 101 Å². The van der Waals surface area contributed by atoms with Crippen molar-refractivity contribution in [1.82, 2.24) is 9.55 Å². The Bertz CT molecular complexity index is 1740. The molecule has 0 saturated heterocycles. The fourth-order valence-electron chi connectivity index (χ4n) is 5.94. The highest BCUT2D eigenvalue weighted by Crippen LogP contribution is 2.37. The smallest absolute Gasteiger partial charge is 0.335 e. The molecule has 0 aliphatic heterocycles. The monoisotopic (exact) mass is 610 g/mol. The maximum Gasteiger partial charge on any atom is 0.335 e. The van der Waals surface area contributed by atoms with E-state index in [4.69, 9.17) is 30.8 Å². The lowest BCUT2D eigenvalue weighted by Gasteiger charge is -2.25. The van der Waals surface area contributed by atoms with Gasteiger partial charge in [0, 0.05) is 29.3 Å². The van der Waals surface area contributed by atoms with E-state index in [1.807, 2.05) is 72.8 Å². The van der Waals surface area contributed by atoms with Gasteiger partial charge in [-0.3, -0.25) is 0 Å². The Hall–Kier alpha value is -4.33. The molecule has 1 heterocycles. The third-order valence-electron chi connectivity index (χ3n) is 8.17. The number of halogens is 1. The van der Waals surface area contributed by atoms with Gasteiger partial charge in [-0.15, -0.1) is 0 Å². The summed E-state index contributed by atoms with van der Waals surface area (Å²) in [5.74, 6) is 1.39. The Kier molecular flexibility index (Phi) is 9.15. The topological polar surface area (TPSA) is 82.8 Å². The highest BCUT2D eigenvalue weighted by molar-refractivity contribution is 6.30. The largest absolute Gasteiger partial charge is 0.491 e. The molecule has 7 nitrogen and oxygen atoms in total. The minimum atomic E-state index is -0.950. The van der Waals surface area contributed by atoms with Crippen LogP contribution in [0.15, 0.2) is 84.9 Å². The average Bonchev–Trinajstić information content (AvgIpc) is 3.44. The summed E-state index contributed by atoms with van der Waals surface area (Å²) in [6.45, 7) is 1.31. The van der Waals surface area contributed by atoms with E-state index in [2.05, 4.69) is 4.57 Å². The molecule has 4 aromatic carbocycles. The van der Waals surface area contributed by atoms with Gasteiger partial charge in [-0.1, -0.05) is 49.1 Å². The van der Waals surface area contributed by atoms with Crippen molar-refractivity contribution in [2.45, 2.75) is 44.8 Å². The van der Waals surface area contributed by atoms with Crippen LogP contribution in [-0.4, -0.2) is 41.0 Å². The van der Waals surface area contributed by atoms with E-state index in [1.54, 1.807) is 19.2 Å². The van der Waals surface area contributed by atoms with Crippen LogP contribution in [0.3, 0.4) is 0 Å². The number of aromatic carboxylic acids is 1. The van der Waals surface area contributed by atoms with Crippen LogP contribution in [0, 0.1) is 0 Å². The van der Waals surface area contributed by atoms with E-state index in [1.165, 1.54) is 19.3 Å². The molecule has 0 spiro atoms. The standard InChI is InChI=1S/C36H35ClN2O5/c1-42-19-20-43-31-16-17-32(24-7-12-28(37)13-8-24)27(21-31)23-44-30-14-9-25(10-15-30)35-38-33-22-26(36(40)41)11-18-34(33)39(35)29-5-3-2-4-6-29/h7-18,21-22,29H,2-6,19-20,23H2,1H3,(H,40,41). The first-order valence-corrected chi connectivity index (χ1v) is 15.4. The molecule has 0 unspecified atom stereocenters. The number of carbonyl (C=O) groups is 1. The van der Waals surface area contributed by atoms with Crippen LogP contribution in [0.5, 0.6) is 11.5 Å². The van der Waals surface area contributed by atoms with Crippen molar-refractivity contribution in [1.29, 1.82) is 0 Å².